The fourth-order valence-corrected chi connectivity index (χ4v) is 2.44. The molecule has 122 valence electrons. The highest BCUT2D eigenvalue weighted by atomic mass is 19.4. The molecule has 23 heavy (non-hydrogen) atoms. The lowest BCUT2D eigenvalue weighted by atomic mass is 10.1. The summed E-state index contributed by atoms with van der Waals surface area (Å²) in [4.78, 5) is 4.37. The van der Waals surface area contributed by atoms with Crippen LogP contribution in [0, 0.1) is 0 Å². The second-order valence-corrected chi connectivity index (χ2v) is 6.47. The van der Waals surface area contributed by atoms with E-state index in [0.717, 1.165) is 0 Å². The fraction of sp³-hybridized carbons (Fsp3) is 0.375. The molecule has 0 bridgehead atoms. The average molecular weight is 322 g/mol. The van der Waals surface area contributed by atoms with Gasteiger partial charge >= 0.3 is 6.18 Å². The number of rotatable bonds is 2. The van der Waals surface area contributed by atoms with Gasteiger partial charge in [0.1, 0.15) is 12.4 Å². The number of alkyl halides is 3. The van der Waals surface area contributed by atoms with Crippen LogP contribution in [0.5, 0.6) is 0 Å². The highest BCUT2D eigenvalue weighted by molar-refractivity contribution is 5.80. The van der Waals surface area contributed by atoms with Crippen LogP contribution < -0.4 is 0 Å². The van der Waals surface area contributed by atoms with E-state index in [1.54, 1.807) is 41.3 Å². The summed E-state index contributed by atoms with van der Waals surface area (Å²) in [5, 5.41) is 4.25. The van der Waals surface area contributed by atoms with Crippen molar-refractivity contribution in [2.75, 3.05) is 0 Å². The summed E-state index contributed by atoms with van der Waals surface area (Å²) in [5.41, 5.74) is 1.32. The number of hydrogen-bond acceptors (Lipinski definition) is 2. The monoisotopic (exact) mass is 322 g/mol. The molecule has 0 N–H and O–H groups in total. The number of nitrogens with zero attached hydrogens (tertiary/aromatic N) is 4. The van der Waals surface area contributed by atoms with Gasteiger partial charge in [0.2, 0.25) is 0 Å². The second kappa shape index (κ2) is 5.11. The van der Waals surface area contributed by atoms with Gasteiger partial charge in [0.25, 0.3) is 0 Å². The van der Waals surface area contributed by atoms with Gasteiger partial charge in [-0.25, -0.2) is 4.98 Å². The molecule has 0 atom stereocenters. The number of imidazole rings is 1. The Morgan fingerprint density at radius 3 is 2.39 bits per heavy atom. The Bertz CT molecular complexity index is 837. The lowest BCUT2D eigenvalue weighted by molar-refractivity contribution is -0.139. The minimum absolute atomic E-state index is 0.251. The Labute approximate surface area is 131 Å². The number of aromatic nitrogens is 4. The van der Waals surface area contributed by atoms with Crippen LogP contribution in [0.25, 0.3) is 22.4 Å². The van der Waals surface area contributed by atoms with E-state index in [1.807, 2.05) is 20.8 Å². The van der Waals surface area contributed by atoms with Gasteiger partial charge in [0.05, 0.1) is 28.3 Å². The first-order chi connectivity index (χ1) is 10.6. The Balaban J connectivity index is 2.16. The Morgan fingerprint density at radius 1 is 1.09 bits per heavy atom. The van der Waals surface area contributed by atoms with Crippen molar-refractivity contribution in [1.29, 1.82) is 0 Å². The topological polar surface area (TPSA) is 35.6 Å². The van der Waals surface area contributed by atoms with E-state index in [4.69, 9.17) is 0 Å². The lowest BCUT2D eigenvalue weighted by Gasteiger charge is -2.18. The van der Waals surface area contributed by atoms with Gasteiger partial charge in [-0.15, -0.1) is 0 Å². The molecule has 0 spiro atoms. The molecule has 0 amide bonds. The van der Waals surface area contributed by atoms with Gasteiger partial charge in [-0.3, -0.25) is 4.68 Å². The minimum Gasteiger partial charge on any atom is -0.315 e. The molecule has 2 heterocycles. The van der Waals surface area contributed by atoms with Gasteiger partial charge in [-0.05, 0) is 32.9 Å². The van der Waals surface area contributed by atoms with Crippen LogP contribution in [0.3, 0.4) is 0 Å². The Morgan fingerprint density at radius 2 is 1.78 bits per heavy atom. The molecule has 1 aromatic carbocycles. The van der Waals surface area contributed by atoms with E-state index < -0.39 is 12.7 Å². The van der Waals surface area contributed by atoms with Crippen LogP contribution >= 0.6 is 0 Å². The summed E-state index contributed by atoms with van der Waals surface area (Å²) >= 11 is 0. The van der Waals surface area contributed by atoms with E-state index in [2.05, 4.69) is 10.1 Å². The van der Waals surface area contributed by atoms with Gasteiger partial charge in [0.15, 0.2) is 0 Å². The van der Waals surface area contributed by atoms with E-state index >= 15 is 0 Å². The standard InChI is InChI=1S/C16H17F3N4/c1-15(2,3)23-9-11(8-20-23)14-21-12-6-4-5-7-13(12)22(14)10-16(17,18)19/h4-9H,10H2,1-3H3. The maximum Gasteiger partial charge on any atom is 0.406 e. The molecule has 0 saturated carbocycles. The van der Waals surface area contributed by atoms with Crippen molar-refractivity contribution in [2.45, 2.75) is 39.0 Å². The zero-order valence-electron chi connectivity index (χ0n) is 13.1. The zero-order valence-corrected chi connectivity index (χ0v) is 13.1. The van der Waals surface area contributed by atoms with E-state index in [-0.39, 0.29) is 11.4 Å². The van der Waals surface area contributed by atoms with Crippen LogP contribution in [0.2, 0.25) is 0 Å². The SMILES string of the molecule is CC(C)(C)n1cc(-c2nc3ccccc3n2CC(F)(F)F)cn1. The molecule has 0 radical (unpaired) electrons. The number of hydrogen-bond donors (Lipinski definition) is 0. The average Bonchev–Trinajstić information content (AvgIpc) is 3.02. The maximum absolute atomic E-state index is 13.0. The minimum atomic E-state index is -4.32. The summed E-state index contributed by atoms with van der Waals surface area (Å²) in [6, 6.07) is 6.82. The maximum atomic E-state index is 13.0. The molecule has 0 aliphatic heterocycles. The van der Waals surface area contributed by atoms with Gasteiger partial charge in [0, 0.05) is 6.20 Å². The van der Waals surface area contributed by atoms with Crippen molar-refractivity contribution in [3.8, 4) is 11.4 Å². The van der Waals surface area contributed by atoms with Gasteiger partial charge < -0.3 is 4.57 Å². The normalized spacial score (nSPS) is 13.0. The lowest BCUT2D eigenvalue weighted by Crippen LogP contribution is -2.22. The third-order valence-electron chi connectivity index (χ3n) is 3.52. The molecule has 4 nitrogen and oxygen atoms in total. The van der Waals surface area contributed by atoms with Gasteiger partial charge in [-0.1, -0.05) is 12.1 Å². The fourth-order valence-electron chi connectivity index (χ4n) is 2.44. The quantitative estimate of drug-likeness (QED) is 0.708. The number of halogens is 3. The number of fused-ring (bicyclic) bond motifs is 1. The summed E-state index contributed by atoms with van der Waals surface area (Å²) in [7, 11) is 0. The van der Waals surface area contributed by atoms with E-state index in [9.17, 15) is 13.2 Å². The molecule has 2 aromatic heterocycles. The highest BCUT2D eigenvalue weighted by Crippen LogP contribution is 2.29. The first-order valence-corrected chi connectivity index (χ1v) is 7.23. The van der Waals surface area contributed by atoms with Crippen molar-refractivity contribution in [3.05, 3.63) is 36.7 Å². The van der Waals surface area contributed by atoms with E-state index in [0.29, 0.717) is 16.6 Å². The second-order valence-electron chi connectivity index (χ2n) is 6.47. The number of benzene rings is 1. The third kappa shape index (κ3) is 3.09. The van der Waals surface area contributed by atoms with Gasteiger partial charge in [-0.2, -0.15) is 18.3 Å². The van der Waals surface area contributed by atoms with Crippen LogP contribution in [0.1, 0.15) is 20.8 Å². The van der Waals surface area contributed by atoms with Crippen LogP contribution in [-0.2, 0) is 12.1 Å². The molecule has 3 rings (SSSR count). The van der Waals surface area contributed by atoms with Crippen molar-refractivity contribution < 1.29 is 13.2 Å². The predicted octanol–water partition coefficient (Wildman–Crippen LogP) is 4.22. The summed E-state index contributed by atoms with van der Waals surface area (Å²) in [6.45, 7) is 4.84. The predicted molar refractivity (Wildman–Crippen MR) is 82.0 cm³/mol. The first kappa shape index (κ1) is 15.6. The van der Waals surface area contributed by atoms with E-state index in [1.165, 1.54) is 4.57 Å². The molecule has 0 saturated heterocycles. The highest BCUT2D eigenvalue weighted by Gasteiger charge is 2.31. The molecule has 0 unspecified atom stereocenters. The summed E-state index contributed by atoms with van der Waals surface area (Å²) in [6.07, 6.45) is -1.04. The molecule has 0 aliphatic rings. The van der Waals surface area contributed by atoms with Crippen LogP contribution in [0.4, 0.5) is 13.2 Å². The van der Waals surface area contributed by atoms with Crippen LogP contribution in [-0.4, -0.2) is 25.5 Å². The van der Waals surface area contributed by atoms with Crippen molar-refractivity contribution in [1.82, 2.24) is 19.3 Å². The van der Waals surface area contributed by atoms with Crippen molar-refractivity contribution >= 4 is 11.0 Å². The molecule has 0 fully saturated rings. The molecular weight excluding hydrogens is 305 g/mol. The van der Waals surface area contributed by atoms with Crippen molar-refractivity contribution in [3.63, 3.8) is 0 Å². The smallest absolute Gasteiger partial charge is 0.315 e. The summed E-state index contributed by atoms with van der Waals surface area (Å²) < 4.78 is 41.8. The largest absolute Gasteiger partial charge is 0.406 e. The third-order valence-corrected chi connectivity index (χ3v) is 3.52. The van der Waals surface area contributed by atoms with Crippen LogP contribution in [0.15, 0.2) is 36.7 Å². The first-order valence-electron chi connectivity index (χ1n) is 7.23. The van der Waals surface area contributed by atoms with Crippen molar-refractivity contribution in [2.24, 2.45) is 0 Å². The molecular formula is C16H17F3N4. The molecule has 3 aromatic rings. The molecule has 0 aliphatic carbocycles. The zero-order chi connectivity index (χ0) is 16.8. The molecule has 7 heteroatoms. The Hall–Kier alpha value is -2.31. The Kier molecular flexibility index (Phi) is 3.46. The summed E-state index contributed by atoms with van der Waals surface area (Å²) in [5.74, 6) is 0.277. The number of para-hydroxylation sites is 2.